The molecule has 184 valence electrons. The van der Waals surface area contributed by atoms with Crippen molar-refractivity contribution in [2.45, 2.75) is 19.5 Å². The second kappa shape index (κ2) is 11.2. The summed E-state index contributed by atoms with van der Waals surface area (Å²) < 4.78 is 12.7. The molecule has 0 aliphatic carbocycles. The van der Waals surface area contributed by atoms with Gasteiger partial charge < -0.3 is 9.47 Å². The number of benzene rings is 2. The van der Waals surface area contributed by atoms with Gasteiger partial charge in [-0.3, -0.25) is 14.6 Å². The summed E-state index contributed by atoms with van der Waals surface area (Å²) in [6.45, 7) is 9.23. The Balaban J connectivity index is 1.59. The van der Waals surface area contributed by atoms with Gasteiger partial charge in [0.1, 0.15) is 5.69 Å². The van der Waals surface area contributed by atoms with Crippen LogP contribution in [0.4, 0.5) is 0 Å². The number of morpholine rings is 2. The van der Waals surface area contributed by atoms with E-state index < -0.39 is 0 Å². The second-order valence-electron chi connectivity index (χ2n) is 9.24. The van der Waals surface area contributed by atoms with Gasteiger partial charge >= 0.3 is 0 Å². The molecule has 2 aliphatic rings. The summed E-state index contributed by atoms with van der Waals surface area (Å²) in [4.78, 5) is 23.4. The van der Waals surface area contributed by atoms with E-state index in [2.05, 4.69) is 41.0 Å². The Morgan fingerprint density at radius 1 is 0.857 bits per heavy atom. The van der Waals surface area contributed by atoms with Crippen molar-refractivity contribution in [3.63, 3.8) is 0 Å². The summed E-state index contributed by atoms with van der Waals surface area (Å²) >= 11 is 0. The molecule has 2 aromatic carbocycles. The number of ether oxygens (including phenoxy) is 2. The predicted octanol–water partition coefficient (Wildman–Crippen LogP) is 2.37. The molecular formula is C27H33N5O3. The Bertz CT molecular complexity index is 1150. The van der Waals surface area contributed by atoms with E-state index >= 15 is 0 Å². The van der Waals surface area contributed by atoms with E-state index in [1.165, 1.54) is 5.56 Å². The van der Waals surface area contributed by atoms with Gasteiger partial charge in [0.15, 0.2) is 5.82 Å². The largest absolute Gasteiger partial charge is 0.379 e. The lowest BCUT2D eigenvalue weighted by atomic mass is 9.94. The van der Waals surface area contributed by atoms with Crippen molar-refractivity contribution in [3.05, 3.63) is 81.8 Å². The molecule has 3 aromatic rings. The standard InChI is InChI=1S/C27H33N5O3/c1-21-7-9-22(10-8-21)24(19-30-11-15-34-16-12-30)25-27(33)32(20-31-13-17-35-18-14-31)29-26(28-25)23-5-3-2-4-6-23/h2-10,24H,11-20H2,1H3/t24-/m0/s1. The minimum atomic E-state index is -0.164. The predicted molar refractivity (Wildman–Crippen MR) is 134 cm³/mol. The smallest absolute Gasteiger partial charge is 0.290 e. The van der Waals surface area contributed by atoms with Crippen LogP contribution in [-0.4, -0.2) is 83.7 Å². The summed E-state index contributed by atoms with van der Waals surface area (Å²) in [5, 5.41) is 4.71. The molecule has 0 radical (unpaired) electrons. The molecule has 2 fully saturated rings. The van der Waals surface area contributed by atoms with E-state index in [1.54, 1.807) is 4.68 Å². The molecule has 0 unspecified atom stereocenters. The van der Waals surface area contributed by atoms with Crippen molar-refractivity contribution in [3.8, 4) is 11.4 Å². The van der Waals surface area contributed by atoms with E-state index in [-0.39, 0.29) is 11.5 Å². The van der Waals surface area contributed by atoms with Gasteiger partial charge in [0.25, 0.3) is 5.56 Å². The van der Waals surface area contributed by atoms with Crippen molar-refractivity contribution < 1.29 is 9.47 Å². The fourth-order valence-electron chi connectivity index (χ4n) is 4.63. The molecular weight excluding hydrogens is 442 g/mol. The van der Waals surface area contributed by atoms with Gasteiger partial charge in [-0.1, -0.05) is 60.2 Å². The minimum absolute atomic E-state index is 0.130. The zero-order chi connectivity index (χ0) is 24.0. The third-order valence-electron chi connectivity index (χ3n) is 6.72. The highest BCUT2D eigenvalue weighted by Crippen LogP contribution is 2.25. The lowest BCUT2D eigenvalue weighted by Crippen LogP contribution is -2.43. The van der Waals surface area contributed by atoms with E-state index in [9.17, 15) is 4.79 Å². The van der Waals surface area contributed by atoms with Crippen LogP contribution in [0.25, 0.3) is 11.4 Å². The van der Waals surface area contributed by atoms with Crippen molar-refractivity contribution in [2.75, 3.05) is 59.2 Å². The van der Waals surface area contributed by atoms with Gasteiger partial charge in [0.2, 0.25) is 0 Å². The van der Waals surface area contributed by atoms with Gasteiger partial charge in [-0.05, 0) is 12.5 Å². The third-order valence-corrected chi connectivity index (χ3v) is 6.72. The van der Waals surface area contributed by atoms with Gasteiger partial charge in [0.05, 0.1) is 33.1 Å². The van der Waals surface area contributed by atoms with E-state index in [0.717, 1.165) is 37.3 Å². The van der Waals surface area contributed by atoms with Crippen LogP contribution in [0.1, 0.15) is 22.7 Å². The summed E-state index contributed by atoms with van der Waals surface area (Å²) in [5.74, 6) is 0.412. The summed E-state index contributed by atoms with van der Waals surface area (Å²) in [7, 11) is 0. The molecule has 1 aromatic heterocycles. The summed E-state index contributed by atoms with van der Waals surface area (Å²) in [6.07, 6.45) is 0. The molecule has 5 rings (SSSR count). The monoisotopic (exact) mass is 475 g/mol. The molecule has 0 saturated carbocycles. The fraction of sp³-hybridized carbons (Fsp3) is 0.444. The highest BCUT2D eigenvalue weighted by atomic mass is 16.5. The van der Waals surface area contributed by atoms with Crippen molar-refractivity contribution in [1.82, 2.24) is 24.6 Å². The van der Waals surface area contributed by atoms with Crippen LogP contribution in [0.5, 0.6) is 0 Å². The molecule has 1 atom stereocenters. The number of nitrogens with zero attached hydrogens (tertiary/aromatic N) is 5. The Morgan fingerprint density at radius 2 is 1.49 bits per heavy atom. The molecule has 0 N–H and O–H groups in total. The topological polar surface area (TPSA) is 72.7 Å². The Hall–Kier alpha value is -2.91. The first kappa shape index (κ1) is 23.8. The van der Waals surface area contributed by atoms with Crippen molar-refractivity contribution in [2.24, 2.45) is 0 Å². The molecule has 0 amide bonds. The van der Waals surface area contributed by atoms with Gasteiger partial charge in [-0.2, -0.15) is 0 Å². The lowest BCUT2D eigenvalue weighted by Gasteiger charge is -2.31. The maximum Gasteiger partial charge on any atom is 0.290 e. The highest BCUT2D eigenvalue weighted by molar-refractivity contribution is 5.54. The van der Waals surface area contributed by atoms with E-state index in [0.29, 0.717) is 51.2 Å². The molecule has 8 heteroatoms. The normalized spacial score (nSPS) is 18.4. The molecule has 2 saturated heterocycles. The maximum atomic E-state index is 13.9. The SMILES string of the molecule is Cc1ccc([C@H](CN2CCOCC2)c2nc(-c3ccccc3)nn(CN3CCOCC3)c2=O)cc1. The first-order valence-electron chi connectivity index (χ1n) is 12.4. The number of hydrogen-bond donors (Lipinski definition) is 0. The van der Waals surface area contributed by atoms with Crippen LogP contribution in [-0.2, 0) is 16.1 Å². The molecule has 8 nitrogen and oxygen atoms in total. The molecule has 0 bridgehead atoms. The van der Waals surface area contributed by atoms with Gasteiger partial charge in [0, 0.05) is 44.2 Å². The average Bonchev–Trinajstić information content (AvgIpc) is 2.91. The zero-order valence-corrected chi connectivity index (χ0v) is 20.3. The van der Waals surface area contributed by atoms with Crippen LogP contribution >= 0.6 is 0 Å². The number of hydrogen-bond acceptors (Lipinski definition) is 7. The molecule has 0 spiro atoms. The maximum absolute atomic E-state index is 13.9. The molecule has 3 heterocycles. The molecule has 2 aliphatic heterocycles. The van der Waals surface area contributed by atoms with Crippen LogP contribution in [0.2, 0.25) is 0 Å². The van der Waals surface area contributed by atoms with Crippen LogP contribution in [0.15, 0.2) is 59.4 Å². The highest BCUT2D eigenvalue weighted by Gasteiger charge is 2.26. The Morgan fingerprint density at radius 3 is 2.14 bits per heavy atom. The summed E-state index contributed by atoms with van der Waals surface area (Å²) in [5.41, 5.74) is 3.60. The van der Waals surface area contributed by atoms with Gasteiger partial charge in [-0.15, -0.1) is 5.10 Å². The van der Waals surface area contributed by atoms with Gasteiger partial charge in [-0.25, -0.2) is 9.67 Å². The van der Waals surface area contributed by atoms with E-state index in [4.69, 9.17) is 19.6 Å². The van der Waals surface area contributed by atoms with Crippen LogP contribution in [0, 0.1) is 6.92 Å². The number of aromatic nitrogens is 3. The minimum Gasteiger partial charge on any atom is -0.379 e. The second-order valence-corrected chi connectivity index (χ2v) is 9.24. The first-order valence-corrected chi connectivity index (χ1v) is 12.4. The quantitative estimate of drug-likeness (QED) is 0.520. The van der Waals surface area contributed by atoms with E-state index in [1.807, 2.05) is 30.3 Å². The summed E-state index contributed by atoms with van der Waals surface area (Å²) in [6, 6.07) is 18.4. The average molecular weight is 476 g/mol. The molecule has 35 heavy (non-hydrogen) atoms. The van der Waals surface area contributed by atoms with Crippen LogP contribution in [0.3, 0.4) is 0 Å². The lowest BCUT2D eigenvalue weighted by molar-refractivity contribution is 0.0202. The Kier molecular flexibility index (Phi) is 7.63. The number of aryl methyl sites for hydroxylation is 1. The van der Waals surface area contributed by atoms with Crippen LogP contribution < -0.4 is 5.56 Å². The zero-order valence-electron chi connectivity index (χ0n) is 20.3. The van der Waals surface area contributed by atoms with Crippen molar-refractivity contribution >= 4 is 0 Å². The third kappa shape index (κ3) is 5.85. The van der Waals surface area contributed by atoms with Crippen molar-refractivity contribution in [1.29, 1.82) is 0 Å². The fourth-order valence-corrected chi connectivity index (χ4v) is 4.63. The Labute approximate surface area is 206 Å². The first-order chi connectivity index (χ1) is 17.2. The number of rotatable bonds is 7.